The molecule has 2 aromatic carbocycles. The van der Waals surface area contributed by atoms with Gasteiger partial charge in [-0.25, -0.2) is 26.0 Å². The number of hydrogen-bond acceptors (Lipinski definition) is 5. The lowest BCUT2D eigenvalue weighted by Crippen LogP contribution is -2.45. The Morgan fingerprint density at radius 1 is 0.905 bits per heavy atom. The highest BCUT2D eigenvalue weighted by Crippen LogP contribution is 2.37. The van der Waals surface area contributed by atoms with Gasteiger partial charge in [0.2, 0.25) is 15.9 Å². The number of nitrogens with two attached hydrogens (primary N) is 1. The maximum Gasteiger partial charge on any atom is 0.254 e. The predicted octanol–water partition coefficient (Wildman–Crippen LogP) is 3.59. The highest BCUT2D eigenvalue weighted by Gasteiger charge is 2.35. The Morgan fingerprint density at radius 2 is 1.62 bits per heavy atom. The van der Waals surface area contributed by atoms with E-state index in [1.165, 1.54) is 6.07 Å². The van der Waals surface area contributed by atoms with Crippen molar-refractivity contribution in [3.8, 4) is 0 Å². The van der Waals surface area contributed by atoms with Crippen molar-refractivity contribution in [2.24, 2.45) is 5.73 Å². The Morgan fingerprint density at radius 3 is 2.36 bits per heavy atom. The number of nitrogens with one attached hydrogen (secondary N) is 1. The first-order valence-corrected chi connectivity index (χ1v) is 15.7. The zero-order valence-electron chi connectivity index (χ0n) is 23.1. The SMILES string of the molecule is NC(CC(=O)N1CCCC1CNC(=O)c1cc(S(=O)(=O)N2CCCCC2)c(F)cc1F)C1CCc2cc(F)c(F)cc21. The number of halogens is 4. The van der Waals surface area contributed by atoms with Crippen molar-refractivity contribution in [3.05, 3.63) is 64.2 Å². The second kappa shape index (κ2) is 12.3. The third-order valence-electron chi connectivity index (χ3n) is 8.63. The summed E-state index contributed by atoms with van der Waals surface area (Å²) in [7, 11) is -4.25. The fraction of sp³-hybridized carbons (Fsp3) is 0.517. The van der Waals surface area contributed by atoms with Crippen molar-refractivity contribution in [3.63, 3.8) is 0 Å². The van der Waals surface area contributed by atoms with E-state index in [0.717, 1.165) is 22.9 Å². The van der Waals surface area contributed by atoms with Gasteiger partial charge in [-0.3, -0.25) is 9.59 Å². The van der Waals surface area contributed by atoms with Crippen LogP contribution in [0.1, 0.15) is 72.3 Å². The van der Waals surface area contributed by atoms with Crippen LogP contribution < -0.4 is 11.1 Å². The molecule has 2 aliphatic heterocycles. The zero-order valence-corrected chi connectivity index (χ0v) is 23.9. The number of fused-ring (bicyclic) bond motifs is 1. The Bertz CT molecular complexity index is 1480. The number of aryl methyl sites for hydroxylation is 1. The van der Waals surface area contributed by atoms with E-state index >= 15 is 0 Å². The lowest BCUT2D eigenvalue weighted by Gasteiger charge is -2.28. The molecule has 3 aliphatic rings. The lowest BCUT2D eigenvalue weighted by atomic mass is 9.91. The second-order valence-corrected chi connectivity index (χ2v) is 13.2. The molecule has 5 rings (SSSR count). The topological polar surface area (TPSA) is 113 Å². The van der Waals surface area contributed by atoms with Gasteiger partial charge in [-0.2, -0.15) is 4.31 Å². The summed E-state index contributed by atoms with van der Waals surface area (Å²) in [4.78, 5) is 27.0. The molecule has 8 nitrogen and oxygen atoms in total. The van der Waals surface area contributed by atoms with E-state index in [1.54, 1.807) is 4.90 Å². The number of piperidine rings is 1. The van der Waals surface area contributed by atoms with Crippen LogP contribution in [-0.2, 0) is 21.2 Å². The molecule has 2 amide bonds. The minimum atomic E-state index is -4.25. The molecule has 0 bridgehead atoms. The van der Waals surface area contributed by atoms with Crippen molar-refractivity contribution in [2.75, 3.05) is 26.2 Å². The molecular formula is C29H34F4N4O4S. The number of sulfonamides is 1. The molecule has 2 aromatic rings. The van der Waals surface area contributed by atoms with Crippen LogP contribution in [0.15, 0.2) is 29.2 Å². The number of benzene rings is 2. The van der Waals surface area contributed by atoms with Crippen molar-refractivity contribution in [1.29, 1.82) is 0 Å². The van der Waals surface area contributed by atoms with E-state index in [-0.39, 0.29) is 37.9 Å². The Labute approximate surface area is 242 Å². The average Bonchev–Trinajstić information content (AvgIpc) is 3.59. The highest BCUT2D eigenvalue weighted by molar-refractivity contribution is 7.89. The number of nitrogens with zero attached hydrogens (tertiary/aromatic N) is 2. The van der Waals surface area contributed by atoms with Crippen LogP contribution in [0.5, 0.6) is 0 Å². The van der Waals surface area contributed by atoms with Crippen molar-refractivity contribution in [2.45, 2.75) is 74.3 Å². The number of amides is 2. The predicted molar refractivity (Wildman–Crippen MR) is 146 cm³/mol. The first-order chi connectivity index (χ1) is 20.0. The van der Waals surface area contributed by atoms with Crippen molar-refractivity contribution < 1.29 is 35.6 Å². The quantitative estimate of drug-likeness (QED) is 0.444. The van der Waals surface area contributed by atoms with Gasteiger partial charge in [0.25, 0.3) is 5.91 Å². The molecule has 3 atom stereocenters. The summed E-state index contributed by atoms with van der Waals surface area (Å²) >= 11 is 0. The molecular weight excluding hydrogens is 576 g/mol. The van der Waals surface area contributed by atoms with Gasteiger partial charge >= 0.3 is 0 Å². The van der Waals surface area contributed by atoms with Gasteiger partial charge in [-0.15, -0.1) is 0 Å². The van der Waals surface area contributed by atoms with Crippen LogP contribution in [0.25, 0.3) is 0 Å². The van der Waals surface area contributed by atoms with Crippen LogP contribution in [-0.4, -0.2) is 67.7 Å². The second-order valence-electron chi connectivity index (χ2n) is 11.3. The standard InChI is InChI=1S/C29H34F4N4O4S/c30-22-14-25(33)27(42(40,41)36-8-2-1-3-9-36)13-21(22)29(39)35-16-18-5-4-10-37(18)28(38)15-26(34)19-7-6-17-11-23(31)24(32)12-20(17)19/h11-14,18-19,26H,1-10,15-16,34H2,(H,35,39). The van der Waals surface area contributed by atoms with E-state index in [9.17, 15) is 35.6 Å². The van der Waals surface area contributed by atoms with Crippen LogP contribution in [0.2, 0.25) is 0 Å². The molecule has 228 valence electrons. The van der Waals surface area contributed by atoms with Crippen molar-refractivity contribution in [1.82, 2.24) is 14.5 Å². The molecule has 2 saturated heterocycles. The molecule has 0 aromatic heterocycles. The molecule has 13 heteroatoms. The average molecular weight is 611 g/mol. The van der Waals surface area contributed by atoms with Gasteiger partial charge in [0.05, 0.1) is 5.56 Å². The molecule has 1 aliphatic carbocycles. The molecule has 0 radical (unpaired) electrons. The largest absolute Gasteiger partial charge is 0.350 e. The molecule has 3 unspecified atom stereocenters. The molecule has 3 N–H and O–H groups in total. The van der Waals surface area contributed by atoms with E-state index in [0.29, 0.717) is 62.3 Å². The summed E-state index contributed by atoms with van der Waals surface area (Å²) in [5.41, 5.74) is 7.06. The van der Waals surface area contributed by atoms with Crippen LogP contribution in [0.4, 0.5) is 17.6 Å². The van der Waals surface area contributed by atoms with Crippen LogP contribution in [0.3, 0.4) is 0 Å². The van der Waals surface area contributed by atoms with E-state index in [1.807, 2.05) is 0 Å². The summed E-state index contributed by atoms with van der Waals surface area (Å²) in [5, 5.41) is 2.57. The van der Waals surface area contributed by atoms with E-state index < -0.39 is 61.7 Å². The summed E-state index contributed by atoms with van der Waals surface area (Å²) < 4.78 is 83.8. The maximum absolute atomic E-state index is 14.6. The number of hydrogen-bond donors (Lipinski definition) is 2. The van der Waals surface area contributed by atoms with Crippen LogP contribution in [0, 0.1) is 23.3 Å². The maximum atomic E-state index is 14.6. The Hall–Kier alpha value is -3.03. The lowest BCUT2D eigenvalue weighted by molar-refractivity contribution is -0.132. The van der Waals surface area contributed by atoms with Gasteiger partial charge < -0.3 is 16.0 Å². The third-order valence-corrected chi connectivity index (χ3v) is 10.5. The summed E-state index contributed by atoms with van der Waals surface area (Å²) in [6.45, 7) is 0.842. The van der Waals surface area contributed by atoms with Gasteiger partial charge in [0.15, 0.2) is 11.6 Å². The molecule has 42 heavy (non-hydrogen) atoms. The first-order valence-electron chi connectivity index (χ1n) is 14.3. The molecule has 2 heterocycles. The number of rotatable bonds is 8. The fourth-order valence-corrected chi connectivity index (χ4v) is 7.95. The number of carbonyl (C=O) groups excluding carboxylic acids is 2. The Kier molecular flexibility index (Phi) is 8.91. The fourth-order valence-electron chi connectivity index (χ4n) is 6.36. The third kappa shape index (κ3) is 6.04. The molecule has 2 fully saturated rings. The van der Waals surface area contributed by atoms with E-state index in [4.69, 9.17) is 5.73 Å². The van der Waals surface area contributed by atoms with Gasteiger partial charge in [0.1, 0.15) is 16.5 Å². The molecule has 0 spiro atoms. The van der Waals surface area contributed by atoms with Gasteiger partial charge in [0, 0.05) is 56.7 Å². The number of likely N-dealkylation sites (tertiary alicyclic amines) is 1. The summed E-state index contributed by atoms with van der Waals surface area (Å²) in [6, 6.07) is 2.44. The zero-order chi connectivity index (χ0) is 30.2. The van der Waals surface area contributed by atoms with E-state index in [2.05, 4.69) is 5.32 Å². The summed E-state index contributed by atoms with van der Waals surface area (Å²) in [6.07, 6.45) is 4.43. The Balaban J connectivity index is 1.23. The molecule has 0 saturated carbocycles. The monoisotopic (exact) mass is 610 g/mol. The smallest absolute Gasteiger partial charge is 0.254 e. The van der Waals surface area contributed by atoms with Gasteiger partial charge in [-0.1, -0.05) is 6.42 Å². The van der Waals surface area contributed by atoms with Crippen molar-refractivity contribution >= 4 is 21.8 Å². The summed E-state index contributed by atoms with van der Waals surface area (Å²) in [5.74, 6) is -5.80. The normalized spacial score (nSPS) is 21.8. The first kappa shape index (κ1) is 30.4. The number of carbonyl (C=O) groups is 2. The minimum Gasteiger partial charge on any atom is -0.350 e. The highest BCUT2D eigenvalue weighted by atomic mass is 32.2. The minimum absolute atomic E-state index is 0.0262. The van der Waals surface area contributed by atoms with Gasteiger partial charge in [-0.05, 0) is 67.9 Å². The van der Waals surface area contributed by atoms with Crippen LogP contribution >= 0.6 is 0 Å².